The molecule has 11 atom stereocenters. The van der Waals surface area contributed by atoms with Crippen molar-refractivity contribution in [2.75, 3.05) is 6.54 Å². The minimum Gasteiger partial charge on any atom is -0.393 e. The van der Waals surface area contributed by atoms with E-state index in [0.29, 0.717) is 35.5 Å². The second-order valence-electron chi connectivity index (χ2n) is 18.8. The lowest BCUT2D eigenvalue weighted by molar-refractivity contribution is -0.247. The molecule has 6 fully saturated rings. The highest BCUT2D eigenvalue weighted by Crippen LogP contribution is 2.77. The smallest absolute Gasteiger partial charge is 0.229 e. The molecule has 260 valence electrons. The Morgan fingerprint density at radius 3 is 2.44 bits per heavy atom. The van der Waals surface area contributed by atoms with E-state index in [1.807, 2.05) is 30.7 Å². The van der Waals surface area contributed by atoms with E-state index in [2.05, 4.69) is 63.0 Å². The summed E-state index contributed by atoms with van der Waals surface area (Å²) in [5, 5.41) is 11.1. The lowest BCUT2D eigenvalue weighted by atomic mass is 9.32. The van der Waals surface area contributed by atoms with E-state index in [0.717, 1.165) is 75.0 Å². The van der Waals surface area contributed by atoms with E-state index in [1.165, 1.54) is 31.3 Å². The first kappa shape index (κ1) is 32.7. The van der Waals surface area contributed by atoms with Crippen molar-refractivity contribution in [3.8, 4) is 11.3 Å². The van der Waals surface area contributed by atoms with Gasteiger partial charge in [0.05, 0.1) is 29.5 Å². The molecule has 0 aromatic carbocycles. The molecule has 1 aliphatic heterocycles. The average molecular weight is 653 g/mol. The number of hydrogen-bond donors (Lipinski definition) is 2. The van der Waals surface area contributed by atoms with Crippen LogP contribution in [0.2, 0.25) is 0 Å². The lowest BCUT2D eigenvalue weighted by Gasteiger charge is -2.73. The number of imidazole rings is 1. The number of aromatic amines is 1. The van der Waals surface area contributed by atoms with Crippen LogP contribution in [0.25, 0.3) is 11.3 Å². The van der Waals surface area contributed by atoms with Crippen LogP contribution < -0.4 is 0 Å². The van der Waals surface area contributed by atoms with E-state index in [4.69, 9.17) is 4.98 Å². The molecule has 48 heavy (non-hydrogen) atoms. The van der Waals surface area contributed by atoms with Gasteiger partial charge in [0.2, 0.25) is 5.91 Å². The zero-order valence-electron chi connectivity index (χ0n) is 30.5. The monoisotopic (exact) mass is 652 g/mol. The summed E-state index contributed by atoms with van der Waals surface area (Å²) < 4.78 is 0. The summed E-state index contributed by atoms with van der Waals surface area (Å²) in [6.45, 7) is 20.3. The fraction of sp³-hybridized carbons (Fsp3) is 0.738. The van der Waals surface area contributed by atoms with Gasteiger partial charge >= 0.3 is 0 Å². The minimum absolute atomic E-state index is 0.00814. The van der Waals surface area contributed by atoms with Crippen LogP contribution in [0.3, 0.4) is 0 Å². The maximum atomic E-state index is 15.3. The quantitative estimate of drug-likeness (QED) is 0.323. The van der Waals surface area contributed by atoms with Crippen LogP contribution in [0.4, 0.5) is 0 Å². The highest BCUT2D eigenvalue weighted by molar-refractivity contribution is 5.84. The second-order valence-corrected chi connectivity index (χ2v) is 18.8. The van der Waals surface area contributed by atoms with Crippen LogP contribution in [0.1, 0.15) is 130 Å². The molecule has 2 aromatic heterocycles. The number of rotatable bonds is 4. The zero-order chi connectivity index (χ0) is 33.9. The Kier molecular flexibility index (Phi) is 7.51. The average Bonchev–Trinajstić information content (AvgIpc) is 3.82. The third-order valence-corrected chi connectivity index (χ3v) is 16.9. The van der Waals surface area contributed by atoms with Crippen LogP contribution in [0.15, 0.2) is 42.9 Å². The summed E-state index contributed by atoms with van der Waals surface area (Å²) in [7, 11) is 0. The summed E-state index contributed by atoms with van der Waals surface area (Å²) in [5.41, 5.74) is 3.71. The first-order valence-electron chi connectivity index (χ1n) is 19.4. The van der Waals surface area contributed by atoms with Crippen LogP contribution in [-0.2, 0) is 4.79 Å². The standard InChI is InChI=1S/C42H60N4O2/c1-26(2)28-12-19-42(37(48)46-24-8-9-31(46)36-44-25-30(45-36)27-15-22-43-23-16-27)21-20-40(6)29(35(28)42)10-11-33-39(5)17-14-34(47)38(3,4)32(39)13-18-41(33,40)7/h15-16,22-23,25,28-29,31-35,47H,1,8-14,17-21,24H2,2-7H3,(H,44,45)/t28-,29+,31-,32-,33+,34-,35+,39-,40+,41+,42-/m0/s1. The minimum atomic E-state index is -0.307. The molecule has 0 radical (unpaired) electrons. The summed E-state index contributed by atoms with van der Waals surface area (Å²) in [5.74, 6) is 3.88. The molecule has 5 aliphatic carbocycles. The van der Waals surface area contributed by atoms with E-state index in [1.54, 1.807) is 0 Å². The number of amides is 1. The number of fused-ring (bicyclic) bond motifs is 7. The van der Waals surface area contributed by atoms with Crippen molar-refractivity contribution in [1.82, 2.24) is 19.9 Å². The molecule has 1 saturated heterocycles. The van der Waals surface area contributed by atoms with Gasteiger partial charge in [-0.3, -0.25) is 9.78 Å². The van der Waals surface area contributed by atoms with Crippen molar-refractivity contribution >= 4 is 5.91 Å². The van der Waals surface area contributed by atoms with E-state index in [-0.39, 0.29) is 39.2 Å². The van der Waals surface area contributed by atoms with Gasteiger partial charge in [-0.15, -0.1) is 0 Å². The number of aromatic nitrogens is 3. The fourth-order valence-corrected chi connectivity index (χ4v) is 14.3. The molecular weight excluding hydrogens is 592 g/mol. The van der Waals surface area contributed by atoms with Crippen molar-refractivity contribution in [2.45, 2.75) is 131 Å². The molecule has 0 spiro atoms. The molecule has 2 N–H and O–H groups in total. The zero-order valence-corrected chi connectivity index (χ0v) is 30.5. The Hall–Kier alpha value is -2.47. The molecule has 1 amide bonds. The summed E-state index contributed by atoms with van der Waals surface area (Å²) in [6.07, 6.45) is 18.6. The van der Waals surface area contributed by atoms with Crippen LogP contribution >= 0.6 is 0 Å². The van der Waals surface area contributed by atoms with E-state index >= 15 is 4.79 Å². The highest BCUT2D eigenvalue weighted by atomic mass is 16.3. The van der Waals surface area contributed by atoms with Crippen LogP contribution in [0, 0.1) is 56.7 Å². The SMILES string of the molecule is C=C(C)[C@@H]1CC[C@]2(C(=O)N3CCC[C@H]3c3ncc(-c4ccncc4)[nH]3)CC[C@]3(C)[C@H](CC[C@@H]4[C@@]5(C)CC[C@H](O)C(C)(C)[C@@H]5CC[C@]43C)[C@@H]12. The number of H-pyrrole nitrogens is 1. The second kappa shape index (κ2) is 11.0. The first-order chi connectivity index (χ1) is 22.8. The molecule has 5 saturated carbocycles. The Labute approximate surface area is 289 Å². The predicted molar refractivity (Wildman–Crippen MR) is 190 cm³/mol. The number of pyridine rings is 1. The van der Waals surface area contributed by atoms with Crippen molar-refractivity contribution < 1.29 is 9.90 Å². The van der Waals surface area contributed by atoms with Gasteiger partial charge in [0.25, 0.3) is 0 Å². The van der Waals surface area contributed by atoms with E-state index < -0.39 is 0 Å². The van der Waals surface area contributed by atoms with Crippen LogP contribution in [0.5, 0.6) is 0 Å². The number of hydrogen-bond acceptors (Lipinski definition) is 4. The number of nitrogens with zero attached hydrogens (tertiary/aromatic N) is 3. The van der Waals surface area contributed by atoms with Crippen LogP contribution in [-0.4, -0.2) is 43.5 Å². The maximum absolute atomic E-state index is 15.3. The molecule has 3 heterocycles. The molecule has 6 aliphatic rings. The number of likely N-dealkylation sites (tertiary alicyclic amines) is 1. The number of aliphatic hydroxyl groups is 1. The maximum Gasteiger partial charge on any atom is 0.229 e. The summed E-state index contributed by atoms with van der Waals surface area (Å²) in [6, 6.07) is 4.02. The Balaban J connectivity index is 1.12. The molecule has 0 bridgehead atoms. The summed E-state index contributed by atoms with van der Waals surface area (Å²) >= 11 is 0. The largest absolute Gasteiger partial charge is 0.393 e. The number of carbonyl (C=O) groups excluding carboxylic acids is 1. The molecule has 0 unspecified atom stereocenters. The Bertz CT molecular complexity index is 1580. The van der Waals surface area contributed by atoms with Gasteiger partial charge in [-0.25, -0.2) is 4.98 Å². The molecule has 2 aromatic rings. The number of nitrogens with one attached hydrogen (secondary N) is 1. The third-order valence-electron chi connectivity index (χ3n) is 16.9. The lowest BCUT2D eigenvalue weighted by Crippen LogP contribution is -2.67. The fourth-order valence-electron chi connectivity index (χ4n) is 14.3. The molecule has 8 rings (SSSR count). The van der Waals surface area contributed by atoms with Gasteiger partial charge < -0.3 is 15.0 Å². The number of allylic oxidation sites excluding steroid dienone is 1. The van der Waals surface area contributed by atoms with Crippen molar-refractivity contribution in [3.63, 3.8) is 0 Å². The number of carbonyl (C=O) groups is 1. The first-order valence-corrected chi connectivity index (χ1v) is 19.4. The molecule has 6 nitrogen and oxygen atoms in total. The van der Waals surface area contributed by atoms with E-state index in [9.17, 15) is 5.11 Å². The molecule has 6 heteroatoms. The van der Waals surface area contributed by atoms with Gasteiger partial charge in [0.1, 0.15) is 5.82 Å². The van der Waals surface area contributed by atoms with Crippen molar-refractivity contribution in [3.05, 3.63) is 48.7 Å². The van der Waals surface area contributed by atoms with Gasteiger partial charge in [-0.05, 0) is 147 Å². The van der Waals surface area contributed by atoms with Gasteiger partial charge in [-0.2, -0.15) is 0 Å². The number of aliphatic hydroxyl groups excluding tert-OH is 1. The predicted octanol–water partition coefficient (Wildman–Crippen LogP) is 9.15. The van der Waals surface area contributed by atoms with Crippen molar-refractivity contribution in [2.24, 2.45) is 56.7 Å². The summed E-state index contributed by atoms with van der Waals surface area (Å²) in [4.78, 5) is 30.2. The highest BCUT2D eigenvalue weighted by Gasteiger charge is 2.72. The third kappa shape index (κ3) is 4.29. The van der Waals surface area contributed by atoms with Gasteiger partial charge in [0, 0.05) is 24.5 Å². The van der Waals surface area contributed by atoms with Gasteiger partial charge in [0.15, 0.2) is 0 Å². The van der Waals surface area contributed by atoms with Gasteiger partial charge in [-0.1, -0.05) is 46.8 Å². The Morgan fingerprint density at radius 2 is 1.69 bits per heavy atom. The Morgan fingerprint density at radius 1 is 0.917 bits per heavy atom. The molecular formula is C42H60N4O2. The van der Waals surface area contributed by atoms with Crippen molar-refractivity contribution in [1.29, 1.82) is 0 Å². The topological polar surface area (TPSA) is 82.1 Å². The normalized spacial score (nSPS) is 44.7.